The van der Waals surface area contributed by atoms with E-state index in [1.165, 1.54) is 0 Å². The molecular formula is C20H23NO4S. The predicted octanol–water partition coefficient (Wildman–Crippen LogP) is 4.38. The third-order valence-electron chi connectivity index (χ3n) is 3.56. The Morgan fingerprint density at radius 1 is 1.04 bits per heavy atom. The maximum atomic E-state index is 12.0. The molecule has 138 valence electrons. The van der Waals surface area contributed by atoms with Crippen LogP contribution in [0.4, 0.5) is 5.69 Å². The van der Waals surface area contributed by atoms with Crippen LogP contribution >= 0.6 is 11.8 Å². The second-order valence-electron chi connectivity index (χ2n) is 5.47. The number of hydrogen-bond acceptors (Lipinski definition) is 5. The van der Waals surface area contributed by atoms with Gasteiger partial charge in [0.05, 0.1) is 19.3 Å². The zero-order chi connectivity index (χ0) is 18.8. The monoisotopic (exact) mass is 373 g/mol. The summed E-state index contributed by atoms with van der Waals surface area (Å²) in [6, 6.07) is 14.6. The Hall–Kier alpha value is -2.47. The Morgan fingerprint density at radius 2 is 1.73 bits per heavy atom. The molecule has 1 amide bonds. The molecule has 0 saturated heterocycles. The molecule has 0 aliphatic rings. The fraction of sp³-hybridized carbons (Fsp3) is 0.300. The van der Waals surface area contributed by atoms with Gasteiger partial charge in [0.2, 0.25) is 5.91 Å². The fourth-order valence-electron chi connectivity index (χ4n) is 2.22. The highest BCUT2D eigenvalue weighted by molar-refractivity contribution is 7.99. The smallest absolute Gasteiger partial charge is 0.338 e. The van der Waals surface area contributed by atoms with Crippen LogP contribution in [0.15, 0.2) is 53.4 Å². The standard InChI is InChI=1S/C20H23NO4S/c1-3-25-20(23)15-6-8-16(9-7-15)21-19(22)5-4-14-26-18-12-10-17(24-2)11-13-18/h6-13H,3-5,14H2,1-2H3,(H,21,22). The van der Waals surface area contributed by atoms with Crippen LogP contribution < -0.4 is 10.1 Å². The van der Waals surface area contributed by atoms with Crippen molar-refractivity contribution >= 4 is 29.3 Å². The molecule has 0 fully saturated rings. The van der Waals surface area contributed by atoms with Crippen molar-refractivity contribution in [2.75, 3.05) is 24.8 Å². The number of benzene rings is 2. The van der Waals surface area contributed by atoms with Gasteiger partial charge < -0.3 is 14.8 Å². The first-order valence-corrected chi connectivity index (χ1v) is 9.45. The number of methoxy groups -OCH3 is 1. The van der Waals surface area contributed by atoms with Crippen LogP contribution in [0.1, 0.15) is 30.1 Å². The molecule has 0 atom stereocenters. The van der Waals surface area contributed by atoms with Crippen LogP contribution in [-0.4, -0.2) is 31.3 Å². The van der Waals surface area contributed by atoms with Crippen molar-refractivity contribution in [2.45, 2.75) is 24.7 Å². The molecule has 5 nitrogen and oxygen atoms in total. The lowest BCUT2D eigenvalue weighted by molar-refractivity contribution is -0.116. The molecule has 2 aromatic carbocycles. The van der Waals surface area contributed by atoms with Crippen molar-refractivity contribution in [1.82, 2.24) is 0 Å². The van der Waals surface area contributed by atoms with E-state index in [0.29, 0.717) is 24.3 Å². The van der Waals surface area contributed by atoms with E-state index in [9.17, 15) is 9.59 Å². The fourth-order valence-corrected chi connectivity index (χ4v) is 3.08. The number of carbonyl (C=O) groups is 2. The number of rotatable bonds is 9. The quantitative estimate of drug-likeness (QED) is 0.401. The first-order valence-electron chi connectivity index (χ1n) is 8.46. The molecular weight excluding hydrogens is 350 g/mol. The molecule has 0 spiro atoms. The number of amides is 1. The molecule has 0 heterocycles. The first-order chi connectivity index (χ1) is 12.6. The van der Waals surface area contributed by atoms with Crippen LogP contribution in [0, 0.1) is 0 Å². The molecule has 2 rings (SSSR count). The Kier molecular flexibility index (Phi) is 8.02. The molecule has 0 unspecified atom stereocenters. The Labute approximate surface area is 158 Å². The number of esters is 1. The van der Waals surface area contributed by atoms with Crippen molar-refractivity contribution < 1.29 is 19.1 Å². The average Bonchev–Trinajstić information content (AvgIpc) is 2.66. The topological polar surface area (TPSA) is 64.6 Å². The van der Waals surface area contributed by atoms with Gasteiger partial charge in [0.15, 0.2) is 0 Å². The molecule has 26 heavy (non-hydrogen) atoms. The molecule has 6 heteroatoms. The largest absolute Gasteiger partial charge is 0.497 e. The Bertz CT molecular complexity index is 714. The number of carbonyl (C=O) groups excluding carboxylic acids is 2. The van der Waals surface area contributed by atoms with E-state index in [-0.39, 0.29) is 11.9 Å². The van der Waals surface area contributed by atoms with Gasteiger partial charge in [-0.3, -0.25) is 4.79 Å². The minimum absolute atomic E-state index is 0.0378. The van der Waals surface area contributed by atoms with Gasteiger partial charge >= 0.3 is 5.97 Å². The van der Waals surface area contributed by atoms with Crippen LogP contribution in [0.25, 0.3) is 0 Å². The summed E-state index contributed by atoms with van der Waals surface area (Å²) in [5.74, 6) is 1.30. The molecule has 0 aliphatic heterocycles. The lowest BCUT2D eigenvalue weighted by Gasteiger charge is -2.07. The number of anilines is 1. The minimum Gasteiger partial charge on any atom is -0.497 e. The first kappa shape index (κ1) is 19.8. The molecule has 0 aliphatic carbocycles. The summed E-state index contributed by atoms with van der Waals surface area (Å²) in [6.45, 7) is 2.10. The van der Waals surface area contributed by atoms with Crippen LogP contribution in [0.2, 0.25) is 0 Å². The minimum atomic E-state index is -0.360. The van der Waals surface area contributed by atoms with Gasteiger partial charge in [0, 0.05) is 17.0 Å². The summed E-state index contributed by atoms with van der Waals surface area (Å²) >= 11 is 1.71. The van der Waals surface area contributed by atoms with E-state index >= 15 is 0 Å². The van der Waals surface area contributed by atoms with Crippen LogP contribution in [0.5, 0.6) is 5.75 Å². The van der Waals surface area contributed by atoms with E-state index in [2.05, 4.69) is 5.32 Å². The highest BCUT2D eigenvalue weighted by Gasteiger charge is 2.07. The van der Waals surface area contributed by atoms with Gasteiger partial charge in [-0.05, 0) is 67.6 Å². The van der Waals surface area contributed by atoms with Crippen molar-refractivity contribution in [3.63, 3.8) is 0 Å². The summed E-state index contributed by atoms with van der Waals surface area (Å²) in [6.07, 6.45) is 1.23. The summed E-state index contributed by atoms with van der Waals surface area (Å²) in [7, 11) is 1.64. The van der Waals surface area contributed by atoms with E-state index in [0.717, 1.165) is 22.8 Å². The van der Waals surface area contributed by atoms with Gasteiger partial charge in [-0.1, -0.05) is 0 Å². The van der Waals surface area contributed by atoms with Crippen molar-refractivity contribution in [1.29, 1.82) is 0 Å². The maximum absolute atomic E-state index is 12.0. The van der Waals surface area contributed by atoms with Crippen molar-refractivity contribution in [3.05, 3.63) is 54.1 Å². The summed E-state index contributed by atoms with van der Waals surface area (Å²) in [5, 5.41) is 2.84. The zero-order valence-electron chi connectivity index (χ0n) is 15.0. The van der Waals surface area contributed by atoms with Gasteiger partial charge in [0.25, 0.3) is 0 Å². The highest BCUT2D eigenvalue weighted by Crippen LogP contribution is 2.22. The zero-order valence-corrected chi connectivity index (χ0v) is 15.8. The normalized spacial score (nSPS) is 10.2. The third kappa shape index (κ3) is 6.44. The number of nitrogens with one attached hydrogen (secondary N) is 1. The van der Waals surface area contributed by atoms with Gasteiger partial charge in [0.1, 0.15) is 5.75 Å². The Morgan fingerprint density at radius 3 is 2.35 bits per heavy atom. The highest BCUT2D eigenvalue weighted by atomic mass is 32.2. The van der Waals surface area contributed by atoms with Gasteiger partial charge in [-0.25, -0.2) is 4.79 Å². The second kappa shape index (κ2) is 10.5. The van der Waals surface area contributed by atoms with Crippen LogP contribution in [-0.2, 0) is 9.53 Å². The van der Waals surface area contributed by atoms with E-state index in [1.807, 2.05) is 24.3 Å². The molecule has 0 aromatic heterocycles. The molecule has 2 aromatic rings. The number of hydrogen-bond donors (Lipinski definition) is 1. The summed E-state index contributed by atoms with van der Waals surface area (Å²) in [5.41, 5.74) is 1.14. The molecule has 0 bridgehead atoms. The SMILES string of the molecule is CCOC(=O)c1ccc(NC(=O)CCCSc2ccc(OC)cc2)cc1. The predicted molar refractivity (Wildman–Crippen MR) is 104 cm³/mol. The third-order valence-corrected chi connectivity index (χ3v) is 4.65. The van der Waals surface area contributed by atoms with Crippen LogP contribution in [0.3, 0.4) is 0 Å². The number of ether oxygens (including phenoxy) is 2. The second-order valence-corrected chi connectivity index (χ2v) is 6.64. The number of thioether (sulfide) groups is 1. The molecule has 0 saturated carbocycles. The summed E-state index contributed by atoms with van der Waals surface area (Å²) < 4.78 is 10.1. The Balaban J connectivity index is 1.70. The van der Waals surface area contributed by atoms with E-state index in [4.69, 9.17) is 9.47 Å². The summed E-state index contributed by atoms with van der Waals surface area (Å²) in [4.78, 5) is 24.7. The van der Waals surface area contributed by atoms with E-state index in [1.54, 1.807) is 50.1 Å². The maximum Gasteiger partial charge on any atom is 0.338 e. The van der Waals surface area contributed by atoms with Crippen molar-refractivity contribution in [2.24, 2.45) is 0 Å². The lowest BCUT2D eigenvalue weighted by atomic mass is 10.2. The van der Waals surface area contributed by atoms with Crippen molar-refractivity contribution in [3.8, 4) is 5.75 Å². The lowest BCUT2D eigenvalue weighted by Crippen LogP contribution is -2.12. The van der Waals surface area contributed by atoms with Gasteiger partial charge in [-0.15, -0.1) is 11.8 Å². The van der Waals surface area contributed by atoms with E-state index < -0.39 is 0 Å². The molecule has 1 N–H and O–H groups in total. The van der Waals surface area contributed by atoms with Gasteiger partial charge in [-0.2, -0.15) is 0 Å². The molecule has 0 radical (unpaired) electrons. The average molecular weight is 373 g/mol.